The van der Waals surface area contributed by atoms with Crippen molar-refractivity contribution >= 4 is 15.7 Å². The molecule has 1 atom stereocenters. The molecule has 0 saturated heterocycles. The highest BCUT2D eigenvalue weighted by molar-refractivity contribution is 7.92. The quantitative estimate of drug-likeness (QED) is 0.380. The second-order valence-electron chi connectivity index (χ2n) is 8.73. The van der Waals surface area contributed by atoms with Crippen LogP contribution in [0.15, 0.2) is 0 Å². The van der Waals surface area contributed by atoms with Gasteiger partial charge in [0.2, 0.25) is 5.91 Å². The first kappa shape index (κ1) is 26.4. The summed E-state index contributed by atoms with van der Waals surface area (Å²) in [4.78, 5) is 11.8. The molecule has 0 aliphatic rings. The SMILES string of the molecule is CCNCC(C)CC(=O)NCCCCCCCCCCS(=O)(=O)C(C)(C)C. The van der Waals surface area contributed by atoms with Gasteiger partial charge in [-0.15, -0.1) is 0 Å². The van der Waals surface area contributed by atoms with Crippen LogP contribution in [-0.2, 0) is 14.6 Å². The van der Waals surface area contributed by atoms with Crippen LogP contribution in [0.1, 0.15) is 92.4 Å². The molecule has 1 amide bonds. The number of unbranched alkanes of at least 4 members (excludes halogenated alkanes) is 7. The molecule has 162 valence electrons. The lowest BCUT2D eigenvalue weighted by atomic mass is 10.1. The Hall–Kier alpha value is -0.620. The molecule has 0 saturated carbocycles. The first-order valence-corrected chi connectivity index (χ1v) is 12.4. The van der Waals surface area contributed by atoms with Gasteiger partial charge in [-0.25, -0.2) is 8.42 Å². The second kappa shape index (κ2) is 14.4. The van der Waals surface area contributed by atoms with Crippen molar-refractivity contribution in [3.05, 3.63) is 0 Å². The predicted octanol–water partition coefficient (Wildman–Crippen LogP) is 4.07. The minimum Gasteiger partial charge on any atom is -0.356 e. The summed E-state index contributed by atoms with van der Waals surface area (Å²) in [5.41, 5.74) is 0. The topological polar surface area (TPSA) is 75.3 Å². The Balaban J connectivity index is 3.47. The maximum absolute atomic E-state index is 12.0. The molecular formula is C21H44N2O3S. The molecule has 0 bridgehead atoms. The monoisotopic (exact) mass is 404 g/mol. The summed E-state index contributed by atoms with van der Waals surface area (Å²) in [6, 6.07) is 0. The molecule has 0 heterocycles. The van der Waals surface area contributed by atoms with E-state index < -0.39 is 14.6 Å². The number of carbonyl (C=O) groups excluding carboxylic acids is 1. The predicted molar refractivity (Wildman–Crippen MR) is 116 cm³/mol. The number of carbonyl (C=O) groups is 1. The molecule has 2 N–H and O–H groups in total. The first-order valence-electron chi connectivity index (χ1n) is 10.8. The van der Waals surface area contributed by atoms with E-state index >= 15 is 0 Å². The van der Waals surface area contributed by atoms with E-state index in [9.17, 15) is 13.2 Å². The maximum atomic E-state index is 12.0. The van der Waals surface area contributed by atoms with Crippen molar-refractivity contribution in [2.24, 2.45) is 5.92 Å². The number of hydrogen-bond donors (Lipinski definition) is 2. The molecule has 27 heavy (non-hydrogen) atoms. The van der Waals surface area contributed by atoms with E-state index in [4.69, 9.17) is 0 Å². The van der Waals surface area contributed by atoms with Crippen LogP contribution in [0.25, 0.3) is 0 Å². The van der Waals surface area contributed by atoms with E-state index in [0.29, 0.717) is 18.1 Å². The zero-order chi connectivity index (χ0) is 20.8. The third-order valence-electron chi connectivity index (χ3n) is 4.87. The maximum Gasteiger partial charge on any atom is 0.220 e. The highest BCUT2D eigenvalue weighted by atomic mass is 32.2. The van der Waals surface area contributed by atoms with Gasteiger partial charge in [-0.2, -0.15) is 0 Å². The zero-order valence-electron chi connectivity index (χ0n) is 18.4. The second-order valence-corrected chi connectivity index (χ2v) is 11.6. The van der Waals surface area contributed by atoms with E-state index in [2.05, 4.69) is 24.5 Å². The van der Waals surface area contributed by atoms with Gasteiger partial charge in [0.15, 0.2) is 9.84 Å². The lowest BCUT2D eigenvalue weighted by molar-refractivity contribution is -0.121. The number of amides is 1. The fraction of sp³-hybridized carbons (Fsp3) is 0.952. The molecule has 0 spiro atoms. The summed E-state index contributed by atoms with van der Waals surface area (Å²) < 4.78 is 23.4. The van der Waals surface area contributed by atoms with E-state index in [-0.39, 0.29) is 5.91 Å². The normalized spacial score (nSPS) is 13.5. The van der Waals surface area contributed by atoms with Crippen molar-refractivity contribution < 1.29 is 13.2 Å². The lowest BCUT2D eigenvalue weighted by Crippen LogP contribution is -2.30. The van der Waals surface area contributed by atoms with Crippen molar-refractivity contribution in [1.82, 2.24) is 10.6 Å². The van der Waals surface area contributed by atoms with Crippen molar-refractivity contribution in [3.8, 4) is 0 Å². The molecule has 0 aliphatic heterocycles. The van der Waals surface area contributed by atoms with Crippen LogP contribution in [-0.4, -0.2) is 44.5 Å². The number of hydrogen-bond acceptors (Lipinski definition) is 4. The third kappa shape index (κ3) is 14.1. The van der Waals surface area contributed by atoms with Crippen molar-refractivity contribution in [1.29, 1.82) is 0 Å². The summed E-state index contributed by atoms with van der Waals surface area (Å²) in [5.74, 6) is 0.845. The molecule has 0 aromatic carbocycles. The number of nitrogens with one attached hydrogen (secondary N) is 2. The summed E-state index contributed by atoms with van der Waals surface area (Å²) in [6.07, 6.45) is 9.21. The Kier molecular flexibility index (Phi) is 14.1. The minimum absolute atomic E-state index is 0.158. The van der Waals surface area contributed by atoms with Crippen LogP contribution in [0.5, 0.6) is 0 Å². The standard InChI is InChI=1S/C21H44N2O3S/c1-6-22-18-19(2)17-20(24)23-15-13-11-9-7-8-10-12-14-16-27(25,26)21(3,4)5/h19,22H,6-18H2,1-5H3,(H,23,24). The average Bonchev–Trinajstić information content (AvgIpc) is 2.56. The Morgan fingerprint density at radius 1 is 0.926 bits per heavy atom. The van der Waals surface area contributed by atoms with Crippen LogP contribution in [0.2, 0.25) is 0 Å². The van der Waals surface area contributed by atoms with Gasteiger partial charge in [-0.3, -0.25) is 4.79 Å². The van der Waals surface area contributed by atoms with E-state index in [1.165, 1.54) is 19.3 Å². The van der Waals surface area contributed by atoms with Gasteiger partial charge in [0.25, 0.3) is 0 Å². The fourth-order valence-corrected chi connectivity index (χ4v) is 4.06. The van der Waals surface area contributed by atoms with Crippen LogP contribution in [0.3, 0.4) is 0 Å². The van der Waals surface area contributed by atoms with Gasteiger partial charge in [-0.1, -0.05) is 52.4 Å². The number of rotatable bonds is 16. The Morgan fingerprint density at radius 3 is 1.96 bits per heavy atom. The van der Waals surface area contributed by atoms with E-state index in [0.717, 1.165) is 51.7 Å². The minimum atomic E-state index is -2.96. The van der Waals surface area contributed by atoms with Gasteiger partial charge in [0, 0.05) is 13.0 Å². The fourth-order valence-electron chi connectivity index (χ4n) is 2.86. The van der Waals surface area contributed by atoms with Crippen molar-refractivity contribution in [2.45, 2.75) is 97.2 Å². The molecule has 0 radical (unpaired) electrons. The van der Waals surface area contributed by atoms with Crippen LogP contribution >= 0.6 is 0 Å². The molecule has 0 aliphatic carbocycles. The first-order chi connectivity index (χ1) is 12.6. The van der Waals surface area contributed by atoms with Crippen LogP contribution in [0, 0.1) is 5.92 Å². The molecule has 0 fully saturated rings. The Morgan fingerprint density at radius 2 is 1.44 bits per heavy atom. The summed E-state index contributed by atoms with van der Waals surface area (Å²) in [7, 11) is -2.96. The highest BCUT2D eigenvalue weighted by Crippen LogP contribution is 2.18. The highest BCUT2D eigenvalue weighted by Gasteiger charge is 2.27. The largest absolute Gasteiger partial charge is 0.356 e. The van der Waals surface area contributed by atoms with Gasteiger partial charge < -0.3 is 10.6 Å². The molecule has 1 unspecified atom stereocenters. The van der Waals surface area contributed by atoms with Crippen LogP contribution in [0.4, 0.5) is 0 Å². The molecule has 6 heteroatoms. The van der Waals surface area contributed by atoms with Gasteiger partial charge >= 0.3 is 0 Å². The van der Waals surface area contributed by atoms with Gasteiger partial charge in [0.1, 0.15) is 0 Å². The van der Waals surface area contributed by atoms with Gasteiger partial charge in [-0.05, 0) is 52.6 Å². The number of sulfone groups is 1. The van der Waals surface area contributed by atoms with E-state index in [1.807, 2.05) is 0 Å². The molecule has 0 aromatic heterocycles. The Bertz CT molecular complexity index is 484. The van der Waals surface area contributed by atoms with Crippen LogP contribution < -0.4 is 10.6 Å². The Labute approximate surface area is 168 Å². The molecule has 0 aromatic rings. The molecular weight excluding hydrogens is 360 g/mol. The molecule has 0 rings (SSSR count). The van der Waals surface area contributed by atoms with Crippen molar-refractivity contribution in [3.63, 3.8) is 0 Å². The van der Waals surface area contributed by atoms with E-state index in [1.54, 1.807) is 20.8 Å². The smallest absolute Gasteiger partial charge is 0.220 e. The van der Waals surface area contributed by atoms with Gasteiger partial charge in [0.05, 0.1) is 10.5 Å². The van der Waals surface area contributed by atoms with Crippen molar-refractivity contribution in [2.75, 3.05) is 25.4 Å². The third-order valence-corrected chi connectivity index (χ3v) is 7.56. The zero-order valence-corrected chi connectivity index (χ0v) is 19.2. The summed E-state index contributed by atoms with van der Waals surface area (Å²) in [5, 5.41) is 6.28. The molecule has 5 nitrogen and oxygen atoms in total. The summed E-state index contributed by atoms with van der Waals surface area (Å²) >= 11 is 0. The average molecular weight is 405 g/mol. The lowest BCUT2D eigenvalue weighted by Gasteiger charge is -2.18. The summed E-state index contributed by atoms with van der Waals surface area (Å²) in [6.45, 7) is 12.1.